The molecule has 0 spiro atoms. The van der Waals surface area contributed by atoms with Gasteiger partial charge in [0.05, 0.1) is 0 Å². The Morgan fingerprint density at radius 1 is 1.23 bits per heavy atom. The maximum atomic E-state index is 12.4. The van der Waals surface area contributed by atoms with E-state index in [1.54, 1.807) is 24.0 Å². The summed E-state index contributed by atoms with van der Waals surface area (Å²) >= 11 is 0. The molecular formula is C17H17N3O2. The van der Waals surface area contributed by atoms with Crippen LogP contribution in [0.15, 0.2) is 42.5 Å². The van der Waals surface area contributed by atoms with Crippen molar-refractivity contribution in [1.82, 2.24) is 9.88 Å². The SMILES string of the molecule is Cc1cccc(NC(=O)C(C)N2Cc3ccccc3C2=O)n1. The Kier molecular flexibility index (Phi) is 3.63. The summed E-state index contributed by atoms with van der Waals surface area (Å²) in [6.07, 6.45) is 0. The predicted octanol–water partition coefficient (Wildman–Crippen LogP) is 2.37. The van der Waals surface area contributed by atoms with Crippen LogP contribution in [0.3, 0.4) is 0 Å². The van der Waals surface area contributed by atoms with E-state index < -0.39 is 6.04 Å². The van der Waals surface area contributed by atoms with Crippen LogP contribution >= 0.6 is 0 Å². The molecular weight excluding hydrogens is 278 g/mol. The van der Waals surface area contributed by atoms with Gasteiger partial charge in [0.25, 0.3) is 5.91 Å². The molecule has 1 aliphatic rings. The third kappa shape index (κ3) is 2.57. The first-order valence-corrected chi connectivity index (χ1v) is 7.19. The summed E-state index contributed by atoms with van der Waals surface area (Å²) in [7, 11) is 0. The van der Waals surface area contributed by atoms with Crippen molar-refractivity contribution in [2.75, 3.05) is 5.32 Å². The van der Waals surface area contributed by atoms with Gasteiger partial charge in [0.2, 0.25) is 5.91 Å². The lowest BCUT2D eigenvalue weighted by Crippen LogP contribution is -2.42. The molecule has 1 aromatic carbocycles. The van der Waals surface area contributed by atoms with Gasteiger partial charge < -0.3 is 10.2 Å². The highest BCUT2D eigenvalue weighted by atomic mass is 16.2. The number of aryl methyl sites for hydroxylation is 1. The molecule has 2 heterocycles. The topological polar surface area (TPSA) is 62.3 Å². The van der Waals surface area contributed by atoms with Crippen LogP contribution in [-0.2, 0) is 11.3 Å². The maximum Gasteiger partial charge on any atom is 0.255 e. The first-order valence-electron chi connectivity index (χ1n) is 7.19. The van der Waals surface area contributed by atoms with Crippen molar-refractivity contribution in [3.8, 4) is 0 Å². The lowest BCUT2D eigenvalue weighted by Gasteiger charge is -2.23. The van der Waals surface area contributed by atoms with E-state index in [0.717, 1.165) is 11.3 Å². The normalized spacial score (nSPS) is 14.6. The van der Waals surface area contributed by atoms with Crippen LogP contribution in [0.25, 0.3) is 0 Å². The number of pyridine rings is 1. The number of carbonyl (C=O) groups excluding carboxylic acids is 2. The van der Waals surface area contributed by atoms with Crippen LogP contribution in [0.5, 0.6) is 0 Å². The number of hydrogen-bond donors (Lipinski definition) is 1. The molecule has 112 valence electrons. The number of carbonyl (C=O) groups is 2. The minimum absolute atomic E-state index is 0.101. The van der Waals surface area contributed by atoms with Crippen molar-refractivity contribution in [1.29, 1.82) is 0 Å². The number of nitrogens with one attached hydrogen (secondary N) is 1. The standard InChI is InChI=1S/C17H17N3O2/c1-11-6-5-9-15(18-11)19-16(21)12(2)20-10-13-7-3-4-8-14(13)17(20)22/h3-9,12H,10H2,1-2H3,(H,18,19,21). The molecule has 2 amide bonds. The molecule has 5 heteroatoms. The molecule has 1 aliphatic heterocycles. The highest BCUT2D eigenvalue weighted by Crippen LogP contribution is 2.24. The van der Waals surface area contributed by atoms with Gasteiger partial charge in [-0.15, -0.1) is 0 Å². The number of nitrogens with zero attached hydrogens (tertiary/aromatic N) is 2. The molecule has 1 aromatic heterocycles. The number of anilines is 1. The largest absolute Gasteiger partial charge is 0.323 e. The number of benzene rings is 1. The van der Waals surface area contributed by atoms with Crippen LogP contribution in [0.4, 0.5) is 5.82 Å². The first-order chi connectivity index (χ1) is 10.6. The highest BCUT2D eigenvalue weighted by Gasteiger charge is 2.33. The van der Waals surface area contributed by atoms with Crippen LogP contribution in [0.1, 0.15) is 28.5 Å². The number of rotatable bonds is 3. The Morgan fingerprint density at radius 2 is 2.00 bits per heavy atom. The fraction of sp³-hybridized carbons (Fsp3) is 0.235. The van der Waals surface area contributed by atoms with Gasteiger partial charge in [0, 0.05) is 17.8 Å². The molecule has 0 saturated carbocycles. The Hall–Kier alpha value is -2.69. The molecule has 0 fully saturated rings. The lowest BCUT2D eigenvalue weighted by molar-refractivity contribution is -0.120. The van der Waals surface area contributed by atoms with E-state index in [0.29, 0.717) is 17.9 Å². The molecule has 0 bridgehead atoms. The third-order valence-electron chi connectivity index (χ3n) is 3.84. The van der Waals surface area contributed by atoms with E-state index in [1.807, 2.05) is 37.3 Å². The average molecular weight is 295 g/mol. The van der Waals surface area contributed by atoms with E-state index in [9.17, 15) is 9.59 Å². The molecule has 22 heavy (non-hydrogen) atoms. The van der Waals surface area contributed by atoms with Crippen molar-refractivity contribution in [2.24, 2.45) is 0 Å². The predicted molar refractivity (Wildman–Crippen MR) is 83.4 cm³/mol. The molecule has 1 atom stereocenters. The summed E-state index contributed by atoms with van der Waals surface area (Å²) in [4.78, 5) is 30.6. The Balaban J connectivity index is 1.74. The minimum Gasteiger partial charge on any atom is -0.323 e. The Labute approximate surface area is 129 Å². The quantitative estimate of drug-likeness (QED) is 0.945. The molecule has 0 saturated heterocycles. The second-order valence-corrected chi connectivity index (χ2v) is 5.42. The minimum atomic E-state index is -0.554. The Bertz CT molecular complexity index is 742. The van der Waals surface area contributed by atoms with Gasteiger partial charge in [-0.25, -0.2) is 4.98 Å². The summed E-state index contributed by atoms with van der Waals surface area (Å²) in [5, 5.41) is 2.76. The zero-order valence-electron chi connectivity index (χ0n) is 12.5. The van der Waals surface area contributed by atoms with E-state index in [4.69, 9.17) is 0 Å². The van der Waals surface area contributed by atoms with Gasteiger partial charge in [-0.1, -0.05) is 24.3 Å². The first kappa shape index (κ1) is 14.3. The monoisotopic (exact) mass is 295 g/mol. The van der Waals surface area contributed by atoms with Gasteiger partial charge in [-0.3, -0.25) is 9.59 Å². The van der Waals surface area contributed by atoms with Crippen molar-refractivity contribution >= 4 is 17.6 Å². The number of aromatic nitrogens is 1. The second-order valence-electron chi connectivity index (χ2n) is 5.42. The van der Waals surface area contributed by atoms with Crippen LogP contribution in [-0.4, -0.2) is 27.7 Å². The van der Waals surface area contributed by atoms with Crippen molar-refractivity contribution in [2.45, 2.75) is 26.4 Å². The summed E-state index contributed by atoms with van der Waals surface area (Å²) in [5.74, 6) is 0.163. The van der Waals surface area contributed by atoms with Crippen molar-refractivity contribution in [3.05, 3.63) is 59.3 Å². The van der Waals surface area contributed by atoms with E-state index in [-0.39, 0.29) is 11.8 Å². The number of fused-ring (bicyclic) bond motifs is 1. The molecule has 3 rings (SSSR count). The smallest absolute Gasteiger partial charge is 0.255 e. The summed E-state index contributed by atoms with van der Waals surface area (Å²) in [6.45, 7) is 4.06. The molecule has 5 nitrogen and oxygen atoms in total. The molecule has 0 aliphatic carbocycles. The van der Waals surface area contributed by atoms with Gasteiger partial charge in [0.15, 0.2) is 0 Å². The van der Waals surface area contributed by atoms with E-state index >= 15 is 0 Å². The van der Waals surface area contributed by atoms with Gasteiger partial charge in [0.1, 0.15) is 11.9 Å². The van der Waals surface area contributed by atoms with E-state index in [1.165, 1.54) is 0 Å². The number of hydrogen-bond acceptors (Lipinski definition) is 3. The van der Waals surface area contributed by atoms with Gasteiger partial charge in [-0.05, 0) is 37.6 Å². The van der Waals surface area contributed by atoms with Crippen LogP contribution < -0.4 is 5.32 Å². The number of amides is 2. The van der Waals surface area contributed by atoms with Crippen molar-refractivity contribution in [3.63, 3.8) is 0 Å². The average Bonchev–Trinajstić information content (AvgIpc) is 2.84. The summed E-state index contributed by atoms with van der Waals surface area (Å²) in [5.41, 5.74) is 2.46. The molecule has 1 N–H and O–H groups in total. The molecule has 2 aromatic rings. The summed E-state index contributed by atoms with van der Waals surface area (Å²) in [6, 6.07) is 12.3. The molecule has 0 radical (unpaired) electrons. The fourth-order valence-electron chi connectivity index (χ4n) is 2.57. The zero-order chi connectivity index (χ0) is 15.7. The second kappa shape index (κ2) is 5.60. The third-order valence-corrected chi connectivity index (χ3v) is 3.84. The van der Waals surface area contributed by atoms with Crippen molar-refractivity contribution < 1.29 is 9.59 Å². The highest BCUT2D eigenvalue weighted by molar-refractivity contribution is 6.03. The van der Waals surface area contributed by atoms with Crippen LogP contribution in [0.2, 0.25) is 0 Å². The summed E-state index contributed by atoms with van der Waals surface area (Å²) < 4.78 is 0. The maximum absolute atomic E-state index is 12.4. The lowest BCUT2D eigenvalue weighted by atomic mass is 10.1. The van der Waals surface area contributed by atoms with Gasteiger partial charge >= 0.3 is 0 Å². The van der Waals surface area contributed by atoms with Crippen LogP contribution in [0, 0.1) is 6.92 Å². The zero-order valence-corrected chi connectivity index (χ0v) is 12.5. The molecule has 1 unspecified atom stereocenters. The Morgan fingerprint density at radius 3 is 2.73 bits per heavy atom. The van der Waals surface area contributed by atoms with E-state index in [2.05, 4.69) is 10.3 Å². The fourth-order valence-corrected chi connectivity index (χ4v) is 2.57. The van der Waals surface area contributed by atoms with Gasteiger partial charge in [-0.2, -0.15) is 0 Å².